The molecular formula is C23H20ClFN6O3. The highest BCUT2D eigenvalue weighted by atomic mass is 35.5. The summed E-state index contributed by atoms with van der Waals surface area (Å²) < 4.78 is 15.4. The highest BCUT2D eigenvalue weighted by Crippen LogP contribution is 2.27. The first kappa shape index (κ1) is 23.2. The average Bonchev–Trinajstić information content (AvgIpc) is 3.59. The van der Waals surface area contributed by atoms with Crippen LogP contribution in [0.2, 0.25) is 5.02 Å². The van der Waals surface area contributed by atoms with Gasteiger partial charge < -0.3 is 16.0 Å². The summed E-state index contributed by atoms with van der Waals surface area (Å²) in [6.45, 7) is -0.525. The van der Waals surface area contributed by atoms with Crippen molar-refractivity contribution in [2.45, 2.75) is 32.0 Å². The average molecular weight is 483 g/mol. The van der Waals surface area contributed by atoms with E-state index in [-0.39, 0.29) is 47.9 Å². The minimum Gasteiger partial charge on any atom is -0.364 e. The van der Waals surface area contributed by atoms with Crippen LogP contribution >= 0.6 is 11.6 Å². The molecule has 2 aromatic carbocycles. The number of carbonyl (C=O) groups is 3. The highest BCUT2D eigenvalue weighted by molar-refractivity contribution is 6.30. The van der Waals surface area contributed by atoms with Crippen LogP contribution in [0.1, 0.15) is 34.5 Å². The number of amides is 3. The number of hydrogen-bond donors (Lipinski definition) is 2. The van der Waals surface area contributed by atoms with Crippen molar-refractivity contribution in [1.29, 1.82) is 5.26 Å². The molecule has 11 heteroatoms. The van der Waals surface area contributed by atoms with Gasteiger partial charge in [0.2, 0.25) is 11.8 Å². The lowest BCUT2D eigenvalue weighted by molar-refractivity contribution is -0.137. The Balaban J connectivity index is 1.49. The zero-order valence-electron chi connectivity index (χ0n) is 17.9. The summed E-state index contributed by atoms with van der Waals surface area (Å²) in [5.41, 5.74) is 6.40. The fourth-order valence-electron chi connectivity index (χ4n) is 3.66. The van der Waals surface area contributed by atoms with E-state index in [2.05, 4.69) is 10.4 Å². The summed E-state index contributed by atoms with van der Waals surface area (Å²) in [6, 6.07) is 11.0. The molecule has 0 radical (unpaired) electrons. The third kappa shape index (κ3) is 4.84. The first-order valence-corrected chi connectivity index (χ1v) is 10.9. The van der Waals surface area contributed by atoms with Gasteiger partial charge in [0.15, 0.2) is 5.69 Å². The van der Waals surface area contributed by atoms with Gasteiger partial charge >= 0.3 is 0 Å². The van der Waals surface area contributed by atoms with Gasteiger partial charge in [0.1, 0.15) is 12.4 Å². The molecule has 0 unspecified atom stereocenters. The molecule has 1 heterocycles. The maximum atomic E-state index is 14.1. The van der Waals surface area contributed by atoms with Crippen molar-refractivity contribution >= 4 is 40.2 Å². The van der Waals surface area contributed by atoms with Crippen molar-refractivity contribution in [2.24, 2.45) is 5.73 Å². The van der Waals surface area contributed by atoms with E-state index in [1.165, 1.54) is 33.8 Å². The van der Waals surface area contributed by atoms with Crippen LogP contribution in [0.15, 0.2) is 36.4 Å². The molecule has 1 aromatic heterocycles. The monoisotopic (exact) mass is 482 g/mol. The molecule has 3 N–H and O–H groups in total. The Bertz CT molecular complexity index is 1340. The fourth-order valence-corrected chi connectivity index (χ4v) is 3.86. The van der Waals surface area contributed by atoms with Crippen molar-refractivity contribution in [3.63, 3.8) is 0 Å². The van der Waals surface area contributed by atoms with Crippen LogP contribution < -0.4 is 11.1 Å². The van der Waals surface area contributed by atoms with Gasteiger partial charge in [0.05, 0.1) is 28.7 Å². The molecule has 1 saturated carbocycles. The summed E-state index contributed by atoms with van der Waals surface area (Å²) in [5, 5.41) is 16.4. The van der Waals surface area contributed by atoms with E-state index in [1.54, 1.807) is 12.1 Å². The van der Waals surface area contributed by atoms with Gasteiger partial charge in [0, 0.05) is 23.5 Å². The molecule has 3 aromatic rings. The quantitative estimate of drug-likeness (QED) is 0.507. The van der Waals surface area contributed by atoms with Gasteiger partial charge in [-0.2, -0.15) is 10.4 Å². The lowest BCUT2D eigenvalue weighted by atomic mass is 10.1. The predicted octanol–water partition coefficient (Wildman–Crippen LogP) is 2.11. The Morgan fingerprint density at radius 3 is 2.74 bits per heavy atom. The number of aromatic nitrogens is 2. The number of nitriles is 1. The minimum atomic E-state index is -0.757. The smallest absolute Gasteiger partial charge is 0.269 e. The number of hydrogen-bond acceptors (Lipinski definition) is 5. The lowest BCUT2D eigenvalue weighted by Crippen LogP contribution is -2.43. The lowest BCUT2D eigenvalue weighted by Gasteiger charge is -2.22. The molecule has 0 atom stereocenters. The molecule has 0 saturated heterocycles. The number of nitrogens with two attached hydrogens (primary N) is 1. The first-order chi connectivity index (χ1) is 16.3. The Morgan fingerprint density at radius 1 is 1.29 bits per heavy atom. The van der Waals surface area contributed by atoms with Crippen LogP contribution in [0.3, 0.4) is 0 Å². The van der Waals surface area contributed by atoms with Crippen molar-refractivity contribution in [1.82, 2.24) is 20.0 Å². The van der Waals surface area contributed by atoms with Gasteiger partial charge in [-0.25, -0.2) is 4.39 Å². The number of nitrogens with one attached hydrogen (secondary N) is 1. The molecule has 9 nitrogen and oxygen atoms in total. The number of benzene rings is 2. The van der Waals surface area contributed by atoms with Crippen LogP contribution in [0.25, 0.3) is 10.9 Å². The molecule has 34 heavy (non-hydrogen) atoms. The number of fused-ring (bicyclic) bond motifs is 1. The molecule has 3 amide bonds. The molecule has 0 spiro atoms. The van der Waals surface area contributed by atoms with Crippen LogP contribution in [0.5, 0.6) is 0 Å². The molecule has 1 aliphatic rings. The predicted molar refractivity (Wildman–Crippen MR) is 121 cm³/mol. The van der Waals surface area contributed by atoms with Crippen LogP contribution in [-0.4, -0.2) is 45.0 Å². The number of halogens is 2. The maximum absolute atomic E-state index is 14.1. The highest BCUT2D eigenvalue weighted by Gasteiger charge is 2.34. The van der Waals surface area contributed by atoms with E-state index in [0.29, 0.717) is 16.5 Å². The molecule has 4 rings (SSSR count). The van der Waals surface area contributed by atoms with E-state index in [1.807, 2.05) is 6.07 Å². The summed E-state index contributed by atoms with van der Waals surface area (Å²) >= 11 is 5.77. The third-order valence-electron chi connectivity index (χ3n) is 5.53. The van der Waals surface area contributed by atoms with Crippen molar-refractivity contribution in [2.75, 3.05) is 6.54 Å². The zero-order valence-corrected chi connectivity index (χ0v) is 18.7. The number of rotatable bonds is 8. The molecular weight excluding hydrogens is 463 g/mol. The van der Waals surface area contributed by atoms with Crippen LogP contribution in [-0.2, 0) is 22.7 Å². The largest absolute Gasteiger partial charge is 0.364 e. The second-order valence-electron chi connectivity index (χ2n) is 7.96. The van der Waals surface area contributed by atoms with E-state index < -0.39 is 17.6 Å². The molecule has 1 fully saturated rings. The van der Waals surface area contributed by atoms with Gasteiger partial charge in [-0.1, -0.05) is 23.7 Å². The molecule has 174 valence electrons. The summed E-state index contributed by atoms with van der Waals surface area (Å²) in [7, 11) is 0. The summed E-state index contributed by atoms with van der Waals surface area (Å²) in [6.07, 6.45) is 1.51. The van der Waals surface area contributed by atoms with E-state index >= 15 is 0 Å². The normalized spacial score (nSPS) is 12.9. The van der Waals surface area contributed by atoms with Crippen molar-refractivity contribution in [3.05, 3.63) is 64.1 Å². The van der Waals surface area contributed by atoms with E-state index in [4.69, 9.17) is 17.3 Å². The van der Waals surface area contributed by atoms with Crippen LogP contribution in [0, 0.1) is 17.1 Å². The van der Waals surface area contributed by atoms with Crippen molar-refractivity contribution in [3.8, 4) is 6.07 Å². The second-order valence-corrected chi connectivity index (χ2v) is 8.36. The zero-order chi connectivity index (χ0) is 24.4. The van der Waals surface area contributed by atoms with E-state index in [9.17, 15) is 24.0 Å². The number of primary amides is 1. The third-order valence-corrected chi connectivity index (χ3v) is 5.82. The van der Waals surface area contributed by atoms with E-state index in [0.717, 1.165) is 12.8 Å². The molecule has 1 aliphatic carbocycles. The number of carbonyl (C=O) groups excluding carboxylic acids is 3. The van der Waals surface area contributed by atoms with Gasteiger partial charge in [-0.15, -0.1) is 0 Å². The first-order valence-electron chi connectivity index (χ1n) is 10.5. The number of nitrogens with zero attached hydrogens (tertiary/aromatic N) is 4. The Labute approximate surface area is 198 Å². The summed E-state index contributed by atoms with van der Waals surface area (Å²) in [4.78, 5) is 38.9. The fraction of sp³-hybridized carbons (Fsp3) is 0.261. The molecule has 0 bridgehead atoms. The Morgan fingerprint density at radius 2 is 2.06 bits per heavy atom. The Hall–Kier alpha value is -3.97. The van der Waals surface area contributed by atoms with Gasteiger partial charge in [-0.05, 0) is 37.1 Å². The molecule has 0 aliphatic heterocycles. The van der Waals surface area contributed by atoms with Gasteiger partial charge in [0.25, 0.3) is 5.91 Å². The van der Waals surface area contributed by atoms with Gasteiger partial charge in [-0.3, -0.25) is 19.1 Å². The topological polar surface area (TPSA) is 134 Å². The van der Waals surface area contributed by atoms with Crippen molar-refractivity contribution < 1.29 is 18.8 Å². The SMILES string of the molecule is N#Cc1ccc2c(C(N)=O)nn(CC(=O)N(CC(=O)NCc3cccc(Cl)c3F)C3CC3)c2c1. The maximum Gasteiger partial charge on any atom is 0.269 e. The second kappa shape index (κ2) is 9.49. The standard InChI is InChI=1S/C23H20ClFN6O3/c24-17-3-1-2-14(21(17)25)10-28-19(32)11-30(15-5-6-15)20(33)12-31-18-8-13(9-26)4-7-16(18)22(29-31)23(27)34/h1-4,7-8,15H,5-6,10-12H2,(H2,27,34)(H,28,32). The van der Waals surface area contributed by atoms with Crippen LogP contribution in [0.4, 0.5) is 4.39 Å². The minimum absolute atomic E-state index is 0.00782. The summed E-state index contributed by atoms with van der Waals surface area (Å²) in [5.74, 6) is -2.19. The Kier molecular flexibility index (Phi) is 6.47.